The summed E-state index contributed by atoms with van der Waals surface area (Å²) in [4.78, 5) is 38.2. The molecule has 0 bridgehead atoms. The predicted octanol–water partition coefficient (Wildman–Crippen LogP) is 5.14. The van der Waals surface area contributed by atoms with Gasteiger partial charge in [0.15, 0.2) is 11.6 Å². The number of rotatable bonds is 12. The molecule has 9 nitrogen and oxygen atoms in total. The van der Waals surface area contributed by atoms with E-state index in [1.165, 1.54) is 42.5 Å². The van der Waals surface area contributed by atoms with Crippen molar-refractivity contribution in [3.05, 3.63) is 65.2 Å². The average Bonchev–Trinajstić information content (AvgIpc) is 3.39. The topological polar surface area (TPSA) is 111 Å². The first kappa shape index (κ1) is 29.6. The maximum Gasteiger partial charge on any atom is 0.413 e. The summed E-state index contributed by atoms with van der Waals surface area (Å²) in [5, 5.41) is 11.5. The highest BCUT2D eigenvalue weighted by Gasteiger charge is 2.23. The molecule has 2 amide bonds. The molecule has 0 saturated carbocycles. The monoisotopic (exact) mass is 560 g/mol. The number of ether oxygens (including phenoxy) is 2. The molecule has 2 aromatic carbocycles. The summed E-state index contributed by atoms with van der Waals surface area (Å²) in [5.41, 5.74) is 2.07. The number of likely N-dealkylation sites (N-methyl/N-ethyl adjacent to an activating group) is 1. The fourth-order valence-corrected chi connectivity index (χ4v) is 4.45. The average molecular weight is 561 g/mol. The van der Waals surface area contributed by atoms with Crippen LogP contribution in [0.15, 0.2) is 42.5 Å². The lowest BCUT2D eigenvalue weighted by molar-refractivity contribution is -0.140. The number of benzene rings is 2. The molecule has 0 aliphatic rings. The fourth-order valence-electron chi connectivity index (χ4n) is 3.72. The summed E-state index contributed by atoms with van der Waals surface area (Å²) < 4.78 is 37.5. The summed E-state index contributed by atoms with van der Waals surface area (Å²) in [6.07, 6.45) is 0.000996. The van der Waals surface area contributed by atoms with Crippen molar-refractivity contribution in [2.45, 2.75) is 45.1 Å². The Labute approximate surface area is 229 Å². The molecule has 1 heterocycles. The molecule has 1 N–H and O–H groups in total. The van der Waals surface area contributed by atoms with Crippen LogP contribution in [-0.4, -0.2) is 59.9 Å². The van der Waals surface area contributed by atoms with Crippen LogP contribution in [0.2, 0.25) is 0 Å². The van der Waals surface area contributed by atoms with Crippen LogP contribution in [0.5, 0.6) is 0 Å². The van der Waals surface area contributed by atoms with Crippen molar-refractivity contribution in [1.29, 1.82) is 0 Å². The highest BCUT2D eigenvalue weighted by atomic mass is 32.1. The predicted molar refractivity (Wildman–Crippen MR) is 142 cm³/mol. The van der Waals surface area contributed by atoms with Crippen molar-refractivity contribution < 1.29 is 32.6 Å². The minimum atomic E-state index is -0.982. The lowest BCUT2D eigenvalue weighted by atomic mass is 10.1. The zero-order chi connectivity index (χ0) is 28.4. The maximum absolute atomic E-state index is 14.0. The van der Waals surface area contributed by atoms with E-state index < -0.39 is 29.7 Å². The van der Waals surface area contributed by atoms with E-state index in [1.54, 1.807) is 0 Å². The summed E-state index contributed by atoms with van der Waals surface area (Å²) >= 11 is 1.18. The third kappa shape index (κ3) is 8.81. The molecule has 208 valence electrons. The van der Waals surface area contributed by atoms with Gasteiger partial charge in [-0.15, -0.1) is 10.2 Å². The van der Waals surface area contributed by atoms with Gasteiger partial charge < -0.3 is 14.4 Å². The van der Waals surface area contributed by atoms with E-state index in [9.17, 15) is 23.2 Å². The number of carbonyl (C=O) groups is 3. The number of aromatic nitrogens is 2. The van der Waals surface area contributed by atoms with Crippen molar-refractivity contribution in [2.24, 2.45) is 0 Å². The van der Waals surface area contributed by atoms with Crippen molar-refractivity contribution in [2.75, 3.05) is 26.1 Å². The second-order valence-corrected chi connectivity index (χ2v) is 9.82. The smallest absolute Gasteiger partial charge is 0.413 e. The number of hydrogen-bond donors (Lipinski definition) is 1. The standard InChI is InChI=1S/C27H30F2N4O5S/c1-17-10-12-19(13-11-17)25-31-32-26(39-25)30-27(36)38-16-20(7-5-9-23(35)37-3)33(2)22(34)15-14-18-6-4-8-21(28)24(18)29/h4,6,8,10-13,20H,5,7,9,14-16H2,1-3H3,(H,30,32,36)/t20-/m0/s1. The van der Waals surface area contributed by atoms with Crippen LogP contribution < -0.4 is 5.32 Å². The van der Waals surface area contributed by atoms with Crippen LogP contribution in [0.4, 0.5) is 18.7 Å². The van der Waals surface area contributed by atoms with Gasteiger partial charge in [0.2, 0.25) is 11.0 Å². The van der Waals surface area contributed by atoms with Crippen molar-refractivity contribution in [3.63, 3.8) is 0 Å². The number of anilines is 1. The Balaban J connectivity index is 1.58. The Hall–Kier alpha value is -3.93. The minimum absolute atomic E-state index is 0.00333. The Bertz CT molecular complexity index is 1290. The lowest BCUT2D eigenvalue weighted by Gasteiger charge is -2.28. The van der Waals surface area contributed by atoms with Gasteiger partial charge in [-0.05, 0) is 37.8 Å². The molecule has 0 radical (unpaired) electrons. The van der Waals surface area contributed by atoms with E-state index in [0.717, 1.165) is 17.2 Å². The van der Waals surface area contributed by atoms with E-state index in [1.807, 2.05) is 31.2 Å². The zero-order valence-corrected chi connectivity index (χ0v) is 22.7. The molecule has 0 aliphatic heterocycles. The number of nitrogens with zero attached hydrogens (tertiary/aromatic N) is 3. The molecular formula is C27H30F2N4O5S. The van der Waals surface area contributed by atoms with Crippen LogP contribution in [0.1, 0.15) is 36.8 Å². The first-order chi connectivity index (χ1) is 18.7. The number of methoxy groups -OCH3 is 1. The molecule has 1 aromatic heterocycles. The van der Waals surface area contributed by atoms with Crippen LogP contribution in [0, 0.1) is 18.6 Å². The third-order valence-electron chi connectivity index (χ3n) is 6.07. The van der Waals surface area contributed by atoms with E-state index in [0.29, 0.717) is 17.8 Å². The van der Waals surface area contributed by atoms with Gasteiger partial charge in [0.05, 0.1) is 13.2 Å². The number of halogens is 2. The van der Waals surface area contributed by atoms with Gasteiger partial charge in [0.1, 0.15) is 11.6 Å². The van der Waals surface area contributed by atoms with Crippen LogP contribution in [0.3, 0.4) is 0 Å². The molecular weight excluding hydrogens is 530 g/mol. The second kappa shape index (κ2) is 14.3. The number of hydrogen-bond acceptors (Lipinski definition) is 8. The molecule has 0 spiro atoms. The van der Waals surface area contributed by atoms with Gasteiger partial charge in [-0.2, -0.15) is 0 Å². The quantitative estimate of drug-likeness (QED) is 0.305. The molecule has 12 heteroatoms. The highest BCUT2D eigenvalue weighted by molar-refractivity contribution is 7.18. The van der Waals surface area contributed by atoms with Gasteiger partial charge in [0, 0.05) is 25.5 Å². The Kier molecular flexibility index (Phi) is 10.9. The Morgan fingerprint density at radius 3 is 2.54 bits per heavy atom. The number of carbonyl (C=O) groups excluding carboxylic acids is 3. The normalized spacial score (nSPS) is 11.5. The summed E-state index contributed by atoms with van der Waals surface area (Å²) in [6, 6.07) is 11.0. The van der Waals surface area contributed by atoms with Crippen molar-refractivity contribution >= 4 is 34.4 Å². The zero-order valence-electron chi connectivity index (χ0n) is 21.9. The molecule has 0 saturated heterocycles. The van der Waals surface area contributed by atoms with Crippen LogP contribution in [-0.2, 0) is 25.5 Å². The van der Waals surface area contributed by atoms with Crippen LogP contribution in [0.25, 0.3) is 10.6 Å². The van der Waals surface area contributed by atoms with Gasteiger partial charge in [-0.25, -0.2) is 13.6 Å². The Morgan fingerprint density at radius 2 is 1.82 bits per heavy atom. The maximum atomic E-state index is 14.0. The van der Waals surface area contributed by atoms with Gasteiger partial charge in [-0.1, -0.05) is 53.3 Å². The first-order valence-electron chi connectivity index (χ1n) is 12.3. The van der Waals surface area contributed by atoms with E-state index in [2.05, 4.69) is 20.3 Å². The van der Waals surface area contributed by atoms with E-state index >= 15 is 0 Å². The first-order valence-corrected chi connectivity index (χ1v) is 13.1. The van der Waals surface area contributed by atoms with Crippen LogP contribution >= 0.6 is 11.3 Å². The number of amides is 2. The minimum Gasteiger partial charge on any atom is -0.469 e. The molecule has 1 atom stereocenters. The SMILES string of the molecule is COC(=O)CCC[C@@H](COC(=O)Nc1nnc(-c2ccc(C)cc2)s1)N(C)C(=O)CCc1cccc(F)c1F. The summed E-state index contributed by atoms with van der Waals surface area (Å²) in [7, 11) is 2.82. The lowest BCUT2D eigenvalue weighted by Crippen LogP contribution is -2.41. The highest BCUT2D eigenvalue weighted by Crippen LogP contribution is 2.26. The third-order valence-corrected chi connectivity index (χ3v) is 6.95. The van der Waals surface area contributed by atoms with Gasteiger partial charge in [-0.3, -0.25) is 14.9 Å². The largest absolute Gasteiger partial charge is 0.469 e. The Morgan fingerprint density at radius 1 is 1.08 bits per heavy atom. The summed E-state index contributed by atoms with van der Waals surface area (Å²) in [6.45, 7) is 1.82. The van der Waals surface area contributed by atoms with Gasteiger partial charge in [0.25, 0.3) is 0 Å². The summed E-state index contributed by atoms with van der Waals surface area (Å²) in [5.74, 6) is -2.71. The number of aryl methyl sites for hydroxylation is 2. The van der Waals surface area contributed by atoms with E-state index in [4.69, 9.17) is 4.74 Å². The molecule has 3 rings (SSSR count). The molecule has 39 heavy (non-hydrogen) atoms. The van der Waals surface area contributed by atoms with Crippen molar-refractivity contribution in [1.82, 2.24) is 15.1 Å². The molecule has 3 aromatic rings. The van der Waals surface area contributed by atoms with Crippen molar-refractivity contribution in [3.8, 4) is 10.6 Å². The van der Waals surface area contributed by atoms with Gasteiger partial charge >= 0.3 is 12.1 Å². The fraction of sp³-hybridized carbons (Fsp3) is 0.370. The second-order valence-electron chi connectivity index (χ2n) is 8.84. The number of nitrogens with one attached hydrogen (secondary N) is 1. The molecule has 0 unspecified atom stereocenters. The molecule has 0 fully saturated rings. The molecule has 0 aliphatic carbocycles. The number of esters is 1. The van der Waals surface area contributed by atoms with E-state index in [-0.39, 0.29) is 42.5 Å².